The number of amides is 1. The van der Waals surface area contributed by atoms with Gasteiger partial charge < -0.3 is 10.2 Å². The van der Waals surface area contributed by atoms with Crippen LogP contribution in [0, 0.1) is 18.7 Å². The smallest absolute Gasteiger partial charge is 0.254 e. The van der Waals surface area contributed by atoms with E-state index in [4.69, 9.17) is 0 Å². The van der Waals surface area contributed by atoms with Crippen molar-refractivity contribution < 1.29 is 9.18 Å². The Labute approximate surface area is 112 Å². The van der Waals surface area contributed by atoms with E-state index in [1.54, 1.807) is 6.07 Å². The summed E-state index contributed by atoms with van der Waals surface area (Å²) < 4.78 is 13.3. The number of fused-ring (bicyclic) bond motifs is 1. The number of halogens is 1. The predicted molar refractivity (Wildman–Crippen MR) is 71.6 cm³/mol. The van der Waals surface area contributed by atoms with Crippen molar-refractivity contribution in [2.45, 2.75) is 25.8 Å². The van der Waals surface area contributed by atoms with Crippen LogP contribution in [0.5, 0.6) is 0 Å². The fraction of sp³-hybridized carbons (Fsp3) is 0.533. The van der Waals surface area contributed by atoms with E-state index < -0.39 is 0 Å². The predicted octanol–water partition coefficient (Wildman–Crippen LogP) is 1.96. The monoisotopic (exact) mass is 262 g/mol. The Morgan fingerprint density at radius 3 is 3.11 bits per heavy atom. The molecule has 2 fully saturated rings. The molecule has 2 saturated heterocycles. The summed E-state index contributed by atoms with van der Waals surface area (Å²) in [5, 5.41) is 3.48. The maximum Gasteiger partial charge on any atom is 0.254 e. The van der Waals surface area contributed by atoms with Crippen LogP contribution in [-0.4, -0.2) is 36.5 Å². The van der Waals surface area contributed by atoms with Crippen molar-refractivity contribution in [1.29, 1.82) is 0 Å². The molecule has 0 aromatic heterocycles. The lowest BCUT2D eigenvalue weighted by Gasteiger charge is -2.35. The van der Waals surface area contributed by atoms with E-state index in [2.05, 4.69) is 5.32 Å². The third-order valence-electron chi connectivity index (χ3n) is 4.37. The van der Waals surface area contributed by atoms with E-state index in [1.165, 1.54) is 12.1 Å². The first kappa shape index (κ1) is 12.6. The number of carbonyl (C=O) groups excluding carboxylic acids is 1. The lowest BCUT2D eigenvalue weighted by molar-refractivity contribution is 0.0661. The molecule has 3 rings (SSSR count). The molecule has 2 heterocycles. The van der Waals surface area contributed by atoms with Gasteiger partial charge in [0, 0.05) is 24.7 Å². The van der Waals surface area contributed by atoms with Crippen molar-refractivity contribution in [1.82, 2.24) is 10.2 Å². The van der Waals surface area contributed by atoms with Gasteiger partial charge in [0.2, 0.25) is 0 Å². The molecule has 102 valence electrons. The minimum Gasteiger partial charge on any atom is -0.338 e. The molecule has 0 aliphatic carbocycles. The summed E-state index contributed by atoms with van der Waals surface area (Å²) in [6.45, 7) is 4.47. The van der Waals surface area contributed by atoms with E-state index >= 15 is 0 Å². The Kier molecular flexibility index (Phi) is 3.27. The van der Waals surface area contributed by atoms with Crippen LogP contribution in [0.15, 0.2) is 18.2 Å². The second kappa shape index (κ2) is 4.93. The summed E-state index contributed by atoms with van der Waals surface area (Å²) in [5.41, 5.74) is 1.35. The van der Waals surface area contributed by atoms with Gasteiger partial charge in [-0.3, -0.25) is 4.79 Å². The zero-order valence-electron chi connectivity index (χ0n) is 11.2. The van der Waals surface area contributed by atoms with Crippen LogP contribution in [0.3, 0.4) is 0 Å². The average Bonchev–Trinajstić information content (AvgIpc) is 2.88. The highest BCUT2D eigenvalue weighted by molar-refractivity contribution is 5.95. The molecular formula is C15H19FN2O. The first-order valence-electron chi connectivity index (χ1n) is 6.94. The Hall–Kier alpha value is -1.42. The number of piperidine rings is 1. The fourth-order valence-electron chi connectivity index (χ4n) is 3.23. The van der Waals surface area contributed by atoms with Crippen LogP contribution in [0.1, 0.15) is 28.8 Å². The summed E-state index contributed by atoms with van der Waals surface area (Å²) in [4.78, 5) is 14.4. The van der Waals surface area contributed by atoms with E-state index in [-0.39, 0.29) is 11.7 Å². The maximum atomic E-state index is 13.3. The molecule has 19 heavy (non-hydrogen) atoms. The molecule has 1 aromatic carbocycles. The number of carbonyl (C=O) groups is 1. The van der Waals surface area contributed by atoms with E-state index in [0.29, 0.717) is 17.5 Å². The van der Waals surface area contributed by atoms with Gasteiger partial charge in [0.1, 0.15) is 5.82 Å². The largest absolute Gasteiger partial charge is 0.338 e. The average molecular weight is 262 g/mol. The molecule has 0 spiro atoms. The second-order valence-corrected chi connectivity index (χ2v) is 5.61. The molecule has 2 atom stereocenters. The zero-order chi connectivity index (χ0) is 13.4. The highest BCUT2D eigenvalue weighted by Crippen LogP contribution is 2.26. The number of nitrogens with one attached hydrogen (secondary N) is 1. The van der Waals surface area contributed by atoms with Crippen molar-refractivity contribution in [2.75, 3.05) is 19.6 Å². The van der Waals surface area contributed by atoms with Gasteiger partial charge in [-0.1, -0.05) is 6.07 Å². The van der Waals surface area contributed by atoms with E-state index in [1.807, 2.05) is 11.8 Å². The maximum absolute atomic E-state index is 13.3. The molecule has 1 aromatic rings. The number of nitrogens with zero attached hydrogens (tertiary/aromatic N) is 1. The van der Waals surface area contributed by atoms with Gasteiger partial charge in [-0.15, -0.1) is 0 Å². The number of rotatable bonds is 1. The van der Waals surface area contributed by atoms with Crippen molar-refractivity contribution in [3.8, 4) is 0 Å². The van der Waals surface area contributed by atoms with Gasteiger partial charge in [0.25, 0.3) is 5.91 Å². The molecule has 0 radical (unpaired) electrons. The number of aryl methyl sites for hydroxylation is 1. The SMILES string of the molecule is Cc1ccc(F)cc1C(=O)N1CCC2NCCC2C1. The van der Waals surface area contributed by atoms with Crippen molar-refractivity contribution >= 4 is 5.91 Å². The first-order chi connectivity index (χ1) is 9.15. The number of hydrogen-bond donors (Lipinski definition) is 1. The highest BCUT2D eigenvalue weighted by atomic mass is 19.1. The Bertz CT molecular complexity index is 503. The molecule has 1 N–H and O–H groups in total. The first-order valence-corrected chi connectivity index (χ1v) is 6.94. The molecular weight excluding hydrogens is 243 g/mol. The summed E-state index contributed by atoms with van der Waals surface area (Å²) in [6, 6.07) is 5.00. The van der Waals surface area contributed by atoms with Crippen LogP contribution in [0.25, 0.3) is 0 Å². The van der Waals surface area contributed by atoms with Crippen LogP contribution in [0.4, 0.5) is 4.39 Å². The lowest BCUT2D eigenvalue weighted by Crippen LogP contribution is -2.47. The third kappa shape index (κ3) is 2.37. The van der Waals surface area contributed by atoms with Crippen LogP contribution in [-0.2, 0) is 0 Å². The van der Waals surface area contributed by atoms with Crippen molar-refractivity contribution in [2.24, 2.45) is 5.92 Å². The second-order valence-electron chi connectivity index (χ2n) is 5.61. The number of hydrogen-bond acceptors (Lipinski definition) is 2. The van der Waals surface area contributed by atoms with Gasteiger partial charge >= 0.3 is 0 Å². The molecule has 4 heteroatoms. The van der Waals surface area contributed by atoms with Crippen LogP contribution < -0.4 is 5.32 Å². The minimum atomic E-state index is -0.341. The molecule has 2 unspecified atom stereocenters. The van der Waals surface area contributed by atoms with Crippen molar-refractivity contribution in [3.05, 3.63) is 35.1 Å². The Morgan fingerprint density at radius 1 is 1.42 bits per heavy atom. The van der Waals surface area contributed by atoms with Gasteiger partial charge in [-0.05, 0) is 49.9 Å². The van der Waals surface area contributed by atoms with E-state index in [9.17, 15) is 9.18 Å². The van der Waals surface area contributed by atoms with E-state index in [0.717, 1.165) is 38.0 Å². The van der Waals surface area contributed by atoms with Crippen molar-refractivity contribution in [3.63, 3.8) is 0 Å². The zero-order valence-corrected chi connectivity index (χ0v) is 11.2. The van der Waals surface area contributed by atoms with Crippen LogP contribution >= 0.6 is 0 Å². The summed E-state index contributed by atoms with van der Waals surface area (Å²) >= 11 is 0. The topological polar surface area (TPSA) is 32.3 Å². The summed E-state index contributed by atoms with van der Waals surface area (Å²) in [6.07, 6.45) is 2.14. The Morgan fingerprint density at radius 2 is 2.26 bits per heavy atom. The van der Waals surface area contributed by atoms with Gasteiger partial charge in [-0.25, -0.2) is 4.39 Å². The molecule has 2 aliphatic rings. The number of benzene rings is 1. The fourth-order valence-corrected chi connectivity index (χ4v) is 3.23. The van der Waals surface area contributed by atoms with Crippen LogP contribution in [0.2, 0.25) is 0 Å². The molecule has 0 bridgehead atoms. The third-order valence-corrected chi connectivity index (χ3v) is 4.37. The van der Waals surface area contributed by atoms with Gasteiger partial charge in [0.15, 0.2) is 0 Å². The molecule has 3 nitrogen and oxygen atoms in total. The quantitative estimate of drug-likeness (QED) is 0.839. The molecule has 0 saturated carbocycles. The highest BCUT2D eigenvalue weighted by Gasteiger charge is 2.34. The van der Waals surface area contributed by atoms with Gasteiger partial charge in [0.05, 0.1) is 0 Å². The van der Waals surface area contributed by atoms with Gasteiger partial charge in [-0.2, -0.15) is 0 Å². The molecule has 2 aliphatic heterocycles. The minimum absolute atomic E-state index is 0.0256. The lowest BCUT2D eigenvalue weighted by atomic mass is 9.92. The standard InChI is InChI=1S/C15H19FN2O/c1-10-2-3-12(16)8-13(10)15(19)18-7-5-14-11(9-18)4-6-17-14/h2-3,8,11,14,17H,4-7,9H2,1H3. The summed E-state index contributed by atoms with van der Waals surface area (Å²) in [7, 11) is 0. The molecule has 1 amide bonds. The Balaban J connectivity index is 1.78. The normalized spacial score (nSPS) is 26.3. The number of likely N-dealkylation sites (tertiary alicyclic amines) is 1. The summed E-state index contributed by atoms with van der Waals surface area (Å²) in [5.74, 6) is 0.195.